The lowest BCUT2D eigenvalue weighted by molar-refractivity contribution is -0.133. The second-order valence-electron chi connectivity index (χ2n) is 6.31. The maximum Gasteiger partial charge on any atom is 0.223 e. The zero-order valence-corrected chi connectivity index (χ0v) is 14.0. The summed E-state index contributed by atoms with van der Waals surface area (Å²) in [6.45, 7) is 9.73. The van der Waals surface area contributed by atoms with E-state index in [-0.39, 0.29) is 0 Å². The van der Waals surface area contributed by atoms with Gasteiger partial charge in [0, 0.05) is 22.7 Å². The lowest BCUT2D eigenvalue weighted by Crippen LogP contribution is -2.32. The Bertz CT molecular complexity index is 452. The molecule has 0 aromatic carbocycles. The van der Waals surface area contributed by atoms with Crippen LogP contribution in [0.5, 0.6) is 0 Å². The number of aryl methyl sites for hydroxylation is 1. The van der Waals surface area contributed by atoms with Gasteiger partial charge >= 0.3 is 0 Å². The van der Waals surface area contributed by atoms with E-state index in [2.05, 4.69) is 44.7 Å². The maximum atomic E-state index is 12.6. The highest BCUT2D eigenvalue weighted by Gasteiger charge is 2.31. The van der Waals surface area contributed by atoms with Gasteiger partial charge in [0.1, 0.15) is 0 Å². The van der Waals surface area contributed by atoms with E-state index in [0.29, 0.717) is 23.8 Å². The van der Waals surface area contributed by atoms with Crippen LogP contribution in [0.2, 0.25) is 0 Å². The van der Waals surface area contributed by atoms with Crippen molar-refractivity contribution in [1.29, 1.82) is 0 Å². The number of carbonyl (C=O) groups is 1. The van der Waals surface area contributed by atoms with Crippen LogP contribution in [0, 0.1) is 18.8 Å². The van der Waals surface area contributed by atoms with Crippen molar-refractivity contribution >= 4 is 17.2 Å². The molecule has 2 nitrogen and oxygen atoms in total. The van der Waals surface area contributed by atoms with Crippen LogP contribution in [-0.2, 0) is 4.79 Å². The lowest BCUT2D eigenvalue weighted by Gasteiger charge is -2.27. The first-order valence-electron chi connectivity index (χ1n) is 7.88. The molecule has 0 radical (unpaired) electrons. The quantitative estimate of drug-likeness (QED) is 0.764. The van der Waals surface area contributed by atoms with E-state index < -0.39 is 0 Å². The molecule has 0 bridgehead atoms. The van der Waals surface area contributed by atoms with Gasteiger partial charge < -0.3 is 4.90 Å². The first kappa shape index (κ1) is 15.6. The third-order valence-corrected chi connectivity index (χ3v) is 5.67. The van der Waals surface area contributed by atoms with Gasteiger partial charge in [-0.3, -0.25) is 4.79 Å². The molecule has 1 aromatic rings. The lowest BCUT2D eigenvalue weighted by atomic mass is 9.89. The molecule has 2 atom stereocenters. The standard InChI is InChI=1S/C17H27NOS/c1-5-14(12(2)3)11-17(19)18-10-6-7-15(18)16-9-8-13(4)20-16/h8-9,12,14-15H,5-7,10-11H2,1-4H3. The molecule has 1 fully saturated rings. The first-order chi connectivity index (χ1) is 9.52. The topological polar surface area (TPSA) is 20.3 Å². The van der Waals surface area contributed by atoms with E-state index in [9.17, 15) is 4.79 Å². The van der Waals surface area contributed by atoms with E-state index >= 15 is 0 Å². The predicted octanol–water partition coefficient (Wildman–Crippen LogP) is 4.79. The normalized spacial score (nSPS) is 20.6. The van der Waals surface area contributed by atoms with Gasteiger partial charge in [-0.15, -0.1) is 11.3 Å². The number of hydrogen-bond acceptors (Lipinski definition) is 2. The Morgan fingerprint density at radius 2 is 2.20 bits per heavy atom. The molecule has 20 heavy (non-hydrogen) atoms. The summed E-state index contributed by atoms with van der Waals surface area (Å²) in [4.78, 5) is 17.5. The molecule has 1 saturated heterocycles. The van der Waals surface area contributed by atoms with Crippen LogP contribution in [0.4, 0.5) is 0 Å². The fourth-order valence-electron chi connectivity index (χ4n) is 3.19. The van der Waals surface area contributed by atoms with E-state index in [0.717, 1.165) is 32.2 Å². The van der Waals surface area contributed by atoms with Crippen molar-refractivity contribution in [1.82, 2.24) is 4.90 Å². The minimum absolute atomic E-state index is 0.339. The minimum Gasteiger partial charge on any atom is -0.335 e. The molecule has 112 valence electrons. The van der Waals surface area contributed by atoms with Crippen molar-refractivity contribution in [3.8, 4) is 0 Å². The Kier molecular flexibility index (Phi) is 5.25. The Balaban J connectivity index is 2.05. The van der Waals surface area contributed by atoms with Crippen LogP contribution in [0.3, 0.4) is 0 Å². The maximum absolute atomic E-state index is 12.6. The van der Waals surface area contributed by atoms with Crippen molar-refractivity contribution in [2.24, 2.45) is 11.8 Å². The van der Waals surface area contributed by atoms with Crippen LogP contribution >= 0.6 is 11.3 Å². The molecule has 2 unspecified atom stereocenters. The van der Waals surface area contributed by atoms with Gasteiger partial charge in [-0.05, 0) is 43.7 Å². The number of carbonyl (C=O) groups excluding carboxylic acids is 1. The Morgan fingerprint density at radius 3 is 2.75 bits per heavy atom. The van der Waals surface area contributed by atoms with Crippen LogP contribution in [0.1, 0.15) is 62.3 Å². The second-order valence-corrected chi connectivity index (χ2v) is 7.63. The van der Waals surface area contributed by atoms with Crippen molar-refractivity contribution in [2.75, 3.05) is 6.54 Å². The summed E-state index contributed by atoms with van der Waals surface area (Å²) in [5.41, 5.74) is 0. The molecule has 2 rings (SSSR count). The summed E-state index contributed by atoms with van der Waals surface area (Å²) in [7, 11) is 0. The van der Waals surface area contributed by atoms with Crippen LogP contribution in [-0.4, -0.2) is 17.4 Å². The number of likely N-dealkylation sites (tertiary alicyclic amines) is 1. The number of rotatable bonds is 5. The third-order valence-electron chi connectivity index (χ3n) is 4.57. The van der Waals surface area contributed by atoms with E-state index in [1.165, 1.54) is 9.75 Å². The summed E-state index contributed by atoms with van der Waals surface area (Å²) in [5.74, 6) is 1.47. The van der Waals surface area contributed by atoms with Gasteiger partial charge in [-0.1, -0.05) is 27.2 Å². The second kappa shape index (κ2) is 6.75. The van der Waals surface area contributed by atoms with Gasteiger partial charge in [0.25, 0.3) is 0 Å². The Morgan fingerprint density at radius 1 is 1.45 bits per heavy atom. The fourth-order valence-corrected chi connectivity index (χ4v) is 4.21. The largest absolute Gasteiger partial charge is 0.335 e. The molecule has 2 heterocycles. The van der Waals surface area contributed by atoms with Gasteiger partial charge in [0.05, 0.1) is 6.04 Å². The van der Waals surface area contributed by atoms with Crippen molar-refractivity contribution in [2.45, 2.75) is 59.4 Å². The number of thiophene rings is 1. The zero-order chi connectivity index (χ0) is 14.7. The molecular formula is C17H27NOS. The number of hydrogen-bond donors (Lipinski definition) is 0. The third kappa shape index (κ3) is 3.43. The van der Waals surface area contributed by atoms with E-state index in [1.807, 2.05) is 11.3 Å². The van der Waals surface area contributed by atoms with Gasteiger partial charge in [-0.25, -0.2) is 0 Å². The average Bonchev–Trinajstić information content (AvgIpc) is 3.03. The molecule has 1 aliphatic heterocycles. The Labute approximate surface area is 127 Å². The summed E-state index contributed by atoms with van der Waals surface area (Å²) in [6.07, 6.45) is 4.09. The van der Waals surface area contributed by atoms with Crippen LogP contribution in [0.15, 0.2) is 12.1 Å². The van der Waals surface area contributed by atoms with E-state index in [4.69, 9.17) is 0 Å². The average molecular weight is 293 g/mol. The molecule has 0 N–H and O–H groups in total. The Hall–Kier alpha value is -0.830. The predicted molar refractivity (Wildman–Crippen MR) is 86.0 cm³/mol. The summed E-state index contributed by atoms with van der Waals surface area (Å²) >= 11 is 1.84. The summed E-state index contributed by atoms with van der Waals surface area (Å²) < 4.78 is 0. The highest BCUT2D eigenvalue weighted by Crippen LogP contribution is 2.36. The summed E-state index contributed by atoms with van der Waals surface area (Å²) in [6, 6.07) is 4.71. The monoisotopic (exact) mass is 293 g/mol. The smallest absolute Gasteiger partial charge is 0.223 e. The van der Waals surface area contributed by atoms with Crippen molar-refractivity contribution in [3.63, 3.8) is 0 Å². The highest BCUT2D eigenvalue weighted by atomic mass is 32.1. The summed E-state index contributed by atoms with van der Waals surface area (Å²) in [5, 5.41) is 0. The molecule has 3 heteroatoms. The van der Waals surface area contributed by atoms with Gasteiger partial charge in [-0.2, -0.15) is 0 Å². The van der Waals surface area contributed by atoms with Gasteiger partial charge in [0.2, 0.25) is 5.91 Å². The molecule has 1 aliphatic rings. The molecule has 1 amide bonds. The zero-order valence-electron chi connectivity index (χ0n) is 13.2. The van der Waals surface area contributed by atoms with Crippen molar-refractivity contribution < 1.29 is 4.79 Å². The van der Waals surface area contributed by atoms with E-state index in [1.54, 1.807) is 0 Å². The molecule has 0 spiro atoms. The first-order valence-corrected chi connectivity index (χ1v) is 8.70. The number of nitrogens with zero attached hydrogens (tertiary/aromatic N) is 1. The van der Waals surface area contributed by atoms with Crippen LogP contribution < -0.4 is 0 Å². The minimum atomic E-state index is 0.339. The molecule has 0 saturated carbocycles. The highest BCUT2D eigenvalue weighted by molar-refractivity contribution is 7.12. The molecule has 0 aliphatic carbocycles. The fraction of sp³-hybridized carbons (Fsp3) is 0.706. The van der Waals surface area contributed by atoms with Crippen LogP contribution in [0.25, 0.3) is 0 Å². The molecule has 1 aromatic heterocycles. The SMILES string of the molecule is CCC(CC(=O)N1CCCC1c1ccc(C)s1)C(C)C. The number of amides is 1. The van der Waals surface area contributed by atoms with Crippen molar-refractivity contribution in [3.05, 3.63) is 21.9 Å². The molecular weight excluding hydrogens is 266 g/mol. The van der Waals surface area contributed by atoms with Gasteiger partial charge in [0.15, 0.2) is 0 Å².